The van der Waals surface area contributed by atoms with Crippen molar-refractivity contribution in [3.63, 3.8) is 0 Å². The molecule has 1 unspecified atom stereocenters. The second kappa shape index (κ2) is 4.76. The summed E-state index contributed by atoms with van der Waals surface area (Å²) in [5, 5.41) is 7.77. The Morgan fingerprint density at radius 2 is 2.25 bits per heavy atom. The van der Waals surface area contributed by atoms with Crippen LogP contribution in [0.4, 0.5) is 5.69 Å². The lowest BCUT2D eigenvalue weighted by atomic mass is 9.99. The predicted molar refractivity (Wildman–Crippen MR) is 79.8 cm³/mol. The van der Waals surface area contributed by atoms with Crippen LogP contribution in [0.25, 0.3) is 10.9 Å². The van der Waals surface area contributed by atoms with E-state index in [1.54, 1.807) is 6.20 Å². The van der Waals surface area contributed by atoms with Gasteiger partial charge in [-0.1, -0.05) is 18.2 Å². The zero-order valence-corrected chi connectivity index (χ0v) is 11.4. The number of nitrogens with zero attached hydrogens (tertiary/aromatic N) is 1. The van der Waals surface area contributed by atoms with Crippen molar-refractivity contribution in [2.75, 3.05) is 18.4 Å². The number of amides is 1. The van der Waals surface area contributed by atoms with Gasteiger partial charge in [0.2, 0.25) is 0 Å². The lowest BCUT2D eigenvalue weighted by molar-refractivity contribution is 0.100. The molecule has 104 valence electrons. The van der Waals surface area contributed by atoms with Gasteiger partial charge in [0.25, 0.3) is 5.91 Å². The maximum atomic E-state index is 11.7. The van der Waals surface area contributed by atoms with Gasteiger partial charge in [0.15, 0.2) is 0 Å². The molecular formula is C15H18N4O. The van der Waals surface area contributed by atoms with Crippen molar-refractivity contribution in [3.05, 3.63) is 36.0 Å². The zero-order chi connectivity index (χ0) is 14.2. The molecule has 3 rings (SSSR count). The molecule has 1 aromatic carbocycles. The molecule has 1 aliphatic heterocycles. The van der Waals surface area contributed by atoms with Crippen LogP contribution in [0.2, 0.25) is 0 Å². The normalized spacial score (nSPS) is 22.1. The van der Waals surface area contributed by atoms with Crippen molar-refractivity contribution in [3.8, 4) is 0 Å². The highest BCUT2D eigenvalue weighted by Crippen LogP contribution is 2.30. The highest BCUT2D eigenvalue weighted by molar-refractivity contribution is 6.06. The van der Waals surface area contributed by atoms with E-state index < -0.39 is 5.91 Å². The SMILES string of the molecule is CC1(Nc2c(C(N)=O)cnc3ccccc23)CCNC1. The van der Waals surface area contributed by atoms with Gasteiger partial charge in [0, 0.05) is 23.7 Å². The molecule has 5 heteroatoms. The second-order valence-corrected chi connectivity index (χ2v) is 5.54. The average Bonchev–Trinajstić information content (AvgIpc) is 2.85. The van der Waals surface area contributed by atoms with E-state index in [0.717, 1.165) is 36.1 Å². The number of hydrogen-bond acceptors (Lipinski definition) is 4. The van der Waals surface area contributed by atoms with E-state index in [4.69, 9.17) is 5.73 Å². The maximum absolute atomic E-state index is 11.7. The molecule has 1 atom stereocenters. The van der Waals surface area contributed by atoms with Gasteiger partial charge in [0.1, 0.15) is 0 Å². The van der Waals surface area contributed by atoms with E-state index in [9.17, 15) is 4.79 Å². The lowest BCUT2D eigenvalue weighted by Crippen LogP contribution is -2.37. The summed E-state index contributed by atoms with van der Waals surface area (Å²) in [5.74, 6) is -0.458. The van der Waals surface area contributed by atoms with E-state index in [2.05, 4.69) is 22.5 Å². The first-order valence-corrected chi connectivity index (χ1v) is 6.75. The molecule has 2 aromatic rings. The first-order chi connectivity index (χ1) is 9.59. The third kappa shape index (κ3) is 2.20. The first-order valence-electron chi connectivity index (χ1n) is 6.75. The van der Waals surface area contributed by atoms with E-state index in [-0.39, 0.29) is 5.54 Å². The summed E-state index contributed by atoms with van der Waals surface area (Å²) in [4.78, 5) is 16.0. The summed E-state index contributed by atoms with van der Waals surface area (Å²) in [7, 11) is 0. The molecule has 2 heterocycles. The molecule has 0 spiro atoms. The number of carbonyl (C=O) groups excluding carboxylic acids is 1. The Labute approximate surface area is 117 Å². The van der Waals surface area contributed by atoms with Gasteiger partial charge >= 0.3 is 0 Å². The van der Waals surface area contributed by atoms with Gasteiger partial charge in [-0.15, -0.1) is 0 Å². The summed E-state index contributed by atoms with van der Waals surface area (Å²) >= 11 is 0. The quantitative estimate of drug-likeness (QED) is 0.789. The minimum atomic E-state index is -0.458. The van der Waals surface area contributed by atoms with Crippen molar-refractivity contribution in [2.45, 2.75) is 18.9 Å². The van der Waals surface area contributed by atoms with E-state index in [0.29, 0.717) is 5.56 Å². The highest BCUT2D eigenvalue weighted by atomic mass is 16.1. The fourth-order valence-electron chi connectivity index (χ4n) is 2.69. The highest BCUT2D eigenvalue weighted by Gasteiger charge is 2.30. The Balaban J connectivity index is 2.14. The van der Waals surface area contributed by atoms with Crippen LogP contribution in [0.5, 0.6) is 0 Å². The number of hydrogen-bond donors (Lipinski definition) is 3. The maximum Gasteiger partial charge on any atom is 0.252 e. The van der Waals surface area contributed by atoms with Crippen LogP contribution >= 0.6 is 0 Å². The van der Waals surface area contributed by atoms with E-state index in [1.807, 2.05) is 24.3 Å². The van der Waals surface area contributed by atoms with Crippen molar-refractivity contribution in [1.82, 2.24) is 10.3 Å². The Hall–Kier alpha value is -2.14. The lowest BCUT2D eigenvalue weighted by Gasteiger charge is -2.27. The Kier molecular flexibility index (Phi) is 3.06. The summed E-state index contributed by atoms with van der Waals surface area (Å²) in [5.41, 5.74) is 7.50. The predicted octanol–water partition coefficient (Wildman–Crippen LogP) is 1.50. The molecule has 1 saturated heterocycles. The largest absolute Gasteiger partial charge is 0.377 e. The zero-order valence-electron chi connectivity index (χ0n) is 11.4. The van der Waals surface area contributed by atoms with Crippen LogP contribution in [0.1, 0.15) is 23.7 Å². The van der Waals surface area contributed by atoms with Gasteiger partial charge in [-0.25, -0.2) is 0 Å². The number of pyridine rings is 1. The summed E-state index contributed by atoms with van der Waals surface area (Å²) in [6.07, 6.45) is 2.56. The Bertz CT molecular complexity index is 662. The van der Waals surface area contributed by atoms with Crippen LogP contribution < -0.4 is 16.4 Å². The van der Waals surface area contributed by atoms with Crippen molar-refractivity contribution >= 4 is 22.5 Å². The number of carbonyl (C=O) groups is 1. The number of benzene rings is 1. The minimum Gasteiger partial charge on any atom is -0.377 e. The fraction of sp³-hybridized carbons (Fsp3) is 0.333. The second-order valence-electron chi connectivity index (χ2n) is 5.54. The number of aromatic nitrogens is 1. The molecule has 0 saturated carbocycles. The molecule has 1 aliphatic rings. The smallest absolute Gasteiger partial charge is 0.252 e. The van der Waals surface area contributed by atoms with Gasteiger partial charge < -0.3 is 16.4 Å². The Morgan fingerprint density at radius 3 is 2.95 bits per heavy atom. The van der Waals surface area contributed by atoms with Gasteiger partial charge in [-0.2, -0.15) is 0 Å². The monoisotopic (exact) mass is 270 g/mol. The molecule has 1 fully saturated rings. The summed E-state index contributed by atoms with van der Waals surface area (Å²) < 4.78 is 0. The minimum absolute atomic E-state index is 0.0751. The Morgan fingerprint density at radius 1 is 1.45 bits per heavy atom. The van der Waals surface area contributed by atoms with Crippen LogP contribution in [0.15, 0.2) is 30.5 Å². The van der Waals surface area contributed by atoms with Gasteiger partial charge in [-0.3, -0.25) is 9.78 Å². The van der Waals surface area contributed by atoms with Crippen LogP contribution in [-0.4, -0.2) is 29.5 Å². The number of nitrogens with two attached hydrogens (primary N) is 1. The molecule has 0 radical (unpaired) electrons. The van der Waals surface area contributed by atoms with Crippen LogP contribution in [-0.2, 0) is 0 Å². The number of primary amides is 1. The number of nitrogens with one attached hydrogen (secondary N) is 2. The third-order valence-electron chi connectivity index (χ3n) is 3.84. The number of anilines is 1. The summed E-state index contributed by atoms with van der Waals surface area (Å²) in [6.45, 7) is 3.98. The molecule has 1 aromatic heterocycles. The molecule has 20 heavy (non-hydrogen) atoms. The van der Waals surface area contributed by atoms with Gasteiger partial charge in [-0.05, 0) is 26.0 Å². The topological polar surface area (TPSA) is 80.0 Å². The third-order valence-corrected chi connectivity index (χ3v) is 3.84. The first kappa shape index (κ1) is 12.9. The number of para-hydroxylation sites is 1. The summed E-state index contributed by atoms with van der Waals surface area (Å²) in [6, 6.07) is 7.76. The van der Waals surface area contributed by atoms with Gasteiger partial charge in [0.05, 0.1) is 16.8 Å². The molecule has 0 bridgehead atoms. The van der Waals surface area contributed by atoms with Crippen molar-refractivity contribution in [1.29, 1.82) is 0 Å². The van der Waals surface area contributed by atoms with E-state index >= 15 is 0 Å². The molecule has 5 nitrogen and oxygen atoms in total. The van der Waals surface area contributed by atoms with Crippen LogP contribution in [0, 0.1) is 0 Å². The number of rotatable bonds is 3. The fourth-order valence-corrected chi connectivity index (χ4v) is 2.69. The van der Waals surface area contributed by atoms with E-state index in [1.165, 1.54) is 0 Å². The number of fused-ring (bicyclic) bond motifs is 1. The average molecular weight is 270 g/mol. The van der Waals surface area contributed by atoms with Crippen molar-refractivity contribution < 1.29 is 4.79 Å². The molecule has 4 N–H and O–H groups in total. The standard InChI is InChI=1S/C15H18N4O/c1-15(6-7-17-9-15)19-13-10-4-2-3-5-12(10)18-8-11(13)14(16)20/h2-5,8,17H,6-7,9H2,1H3,(H2,16,20)(H,18,19). The van der Waals surface area contributed by atoms with Crippen molar-refractivity contribution in [2.24, 2.45) is 5.73 Å². The molecule has 1 amide bonds. The molecular weight excluding hydrogens is 252 g/mol. The molecule has 0 aliphatic carbocycles. The van der Waals surface area contributed by atoms with Crippen LogP contribution in [0.3, 0.4) is 0 Å².